The normalized spacial score (nSPS) is 15.1. The number of benzene rings is 3. The maximum atomic E-state index is 13.1. The van der Waals surface area contributed by atoms with Crippen LogP contribution in [0.5, 0.6) is 5.75 Å². The fourth-order valence-corrected chi connectivity index (χ4v) is 4.36. The van der Waals surface area contributed by atoms with Crippen molar-refractivity contribution in [3.8, 4) is 5.75 Å². The Bertz CT molecular complexity index is 1140. The Morgan fingerprint density at radius 1 is 1.03 bits per heavy atom. The lowest BCUT2D eigenvalue weighted by Gasteiger charge is -2.39. The number of nitrogens with zero attached hydrogens (tertiary/aromatic N) is 1. The molecule has 0 saturated carbocycles. The molecule has 1 aliphatic heterocycles. The highest BCUT2D eigenvalue weighted by Crippen LogP contribution is 2.38. The summed E-state index contributed by atoms with van der Waals surface area (Å²) in [6, 6.07) is 23.9. The van der Waals surface area contributed by atoms with Crippen molar-refractivity contribution in [1.29, 1.82) is 0 Å². The molecular weight excluding hydrogens is 424 g/mol. The quantitative estimate of drug-likeness (QED) is 0.555. The van der Waals surface area contributed by atoms with Crippen LogP contribution in [0.4, 0.5) is 0 Å². The topological polar surface area (TPSA) is 58.6 Å². The number of nitrogens with one attached hydrogen (secondary N) is 1. The molecule has 0 saturated heterocycles. The molecule has 5 nitrogen and oxygen atoms in total. The fraction of sp³-hybridized carbons (Fsp3) is 0.310. The van der Waals surface area contributed by atoms with E-state index in [1.807, 2.05) is 61.2 Å². The van der Waals surface area contributed by atoms with E-state index in [-0.39, 0.29) is 30.4 Å². The summed E-state index contributed by atoms with van der Waals surface area (Å²) >= 11 is 0. The Morgan fingerprint density at radius 3 is 2.47 bits per heavy atom. The first-order valence-electron chi connectivity index (χ1n) is 11.9. The summed E-state index contributed by atoms with van der Waals surface area (Å²) in [4.78, 5) is 27.4. The molecule has 5 heteroatoms. The second kappa shape index (κ2) is 10.6. The standard InChI is InChI=1S/C29H32N2O3/c1-20(2)29(33)31-16-15-23-13-14-25(17-26(23)28(31)24-11-9-21(3)10-12-24)34-19-27(32)30-18-22-7-5-4-6-8-22/h4-14,17,20,28H,15-16,18-19H2,1-3H3,(H,30,32). The largest absolute Gasteiger partial charge is 0.484 e. The molecule has 34 heavy (non-hydrogen) atoms. The average Bonchev–Trinajstić information content (AvgIpc) is 2.86. The van der Waals surface area contributed by atoms with Gasteiger partial charge in [-0.3, -0.25) is 9.59 Å². The van der Waals surface area contributed by atoms with Crippen LogP contribution in [0.2, 0.25) is 0 Å². The number of amides is 2. The van der Waals surface area contributed by atoms with Gasteiger partial charge < -0.3 is 15.0 Å². The highest BCUT2D eigenvalue weighted by atomic mass is 16.5. The van der Waals surface area contributed by atoms with Gasteiger partial charge in [-0.2, -0.15) is 0 Å². The van der Waals surface area contributed by atoms with Crippen molar-refractivity contribution in [2.24, 2.45) is 5.92 Å². The van der Waals surface area contributed by atoms with Crippen LogP contribution >= 0.6 is 0 Å². The molecule has 0 radical (unpaired) electrons. The van der Waals surface area contributed by atoms with E-state index >= 15 is 0 Å². The van der Waals surface area contributed by atoms with Gasteiger partial charge in [0.1, 0.15) is 5.75 Å². The van der Waals surface area contributed by atoms with Crippen molar-refractivity contribution in [2.45, 2.75) is 39.8 Å². The molecule has 1 unspecified atom stereocenters. The molecule has 0 fully saturated rings. The third kappa shape index (κ3) is 5.48. The van der Waals surface area contributed by atoms with Gasteiger partial charge >= 0.3 is 0 Å². The van der Waals surface area contributed by atoms with Gasteiger partial charge in [-0.15, -0.1) is 0 Å². The van der Waals surface area contributed by atoms with Crippen LogP contribution < -0.4 is 10.1 Å². The summed E-state index contributed by atoms with van der Waals surface area (Å²) in [5, 5.41) is 2.89. The predicted molar refractivity (Wildman–Crippen MR) is 134 cm³/mol. The van der Waals surface area contributed by atoms with E-state index in [0.717, 1.165) is 23.1 Å². The Hall–Kier alpha value is -3.60. The van der Waals surface area contributed by atoms with E-state index in [4.69, 9.17) is 4.74 Å². The molecule has 1 N–H and O–H groups in total. The van der Waals surface area contributed by atoms with E-state index in [9.17, 15) is 9.59 Å². The van der Waals surface area contributed by atoms with Crippen molar-refractivity contribution in [3.63, 3.8) is 0 Å². The minimum Gasteiger partial charge on any atom is -0.484 e. The molecule has 0 aromatic heterocycles. The number of carbonyl (C=O) groups excluding carboxylic acids is 2. The third-order valence-electron chi connectivity index (χ3n) is 6.22. The monoisotopic (exact) mass is 456 g/mol. The Balaban J connectivity index is 1.53. The van der Waals surface area contributed by atoms with Crippen molar-refractivity contribution in [3.05, 3.63) is 101 Å². The van der Waals surface area contributed by atoms with E-state index in [2.05, 4.69) is 42.6 Å². The van der Waals surface area contributed by atoms with Crippen molar-refractivity contribution < 1.29 is 14.3 Å². The first-order valence-corrected chi connectivity index (χ1v) is 11.9. The molecule has 0 aliphatic carbocycles. The lowest BCUT2D eigenvalue weighted by Crippen LogP contribution is -2.42. The molecule has 0 bridgehead atoms. The smallest absolute Gasteiger partial charge is 0.258 e. The van der Waals surface area contributed by atoms with E-state index in [1.165, 1.54) is 11.1 Å². The van der Waals surface area contributed by atoms with Crippen molar-refractivity contribution in [2.75, 3.05) is 13.2 Å². The summed E-state index contributed by atoms with van der Waals surface area (Å²) in [7, 11) is 0. The van der Waals surface area contributed by atoms with Crippen LogP contribution in [0, 0.1) is 12.8 Å². The first-order chi connectivity index (χ1) is 16.4. The molecule has 0 spiro atoms. The zero-order valence-corrected chi connectivity index (χ0v) is 20.1. The molecule has 1 aliphatic rings. The number of carbonyl (C=O) groups is 2. The zero-order chi connectivity index (χ0) is 24.1. The molecule has 3 aromatic rings. The lowest BCUT2D eigenvalue weighted by atomic mass is 9.87. The van der Waals surface area contributed by atoms with Gasteiger partial charge in [0.2, 0.25) is 5.91 Å². The van der Waals surface area contributed by atoms with Crippen molar-refractivity contribution >= 4 is 11.8 Å². The van der Waals surface area contributed by atoms with Crippen LogP contribution in [0.3, 0.4) is 0 Å². The van der Waals surface area contributed by atoms with Crippen LogP contribution in [0.25, 0.3) is 0 Å². The lowest BCUT2D eigenvalue weighted by molar-refractivity contribution is -0.136. The Labute approximate surface area is 201 Å². The van der Waals surface area contributed by atoms with Crippen LogP contribution in [-0.4, -0.2) is 29.9 Å². The number of ether oxygens (including phenoxy) is 1. The number of hydrogen-bond donors (Lipinski definition) is 1. The second-order valence-electron chi connectivity index (χ2n) is 9.16. The predicted octanol–water partition coefficient (Wildman–Crippen LogP) is 4.82. The molecule has 4 rings (SSSR count). The molecule has 3 aromatic carbocycles. The van der Waals surface area contributed by atoms with E-state index in [1.54, 1.807) is 0 Å². The van der Waals surface area contributed by atoms with Crippen molar-refractivity contribution in [1.82, 2.24) is 10.2 Å². The maximum absolute atomic E-state index is 13.1. The first kappa shape index (κ1) is 23.6. The second-order valence-corrected chi connectivity index (χ2v) is 9.16. The Kier molecular flexibility index (Phi) is 7.31. The number of rotatable bonds is 7. The highest BCUT2D eigenvalue weighted by Gasteiger charge is 2.33. The number of hydrogen-bond acceptors (Lipinski definition) is 3. The minimum absolute atomic E-state index is 0.0601. The summed E-state index contributed by atoms with van der Waals surface area (Å²) in [6.45, 7) is 7.04. The molecule has 2 amide bonds. The molecule has 1 atom stereocenters. The van der Waals surface area contributed by atoms with Gasteiger partial charge in [-0.25, -0.2) is 0 Å². The summed E-state index contributed by atoms with van der Waals surface area (Å²) in [5.41, 5.74) is 5.57. The van der Waals surface area contributed by atoms with Crippen LogP contribution in [0.15, 0.2) is 72.8 Å². The van der Waals surface area contributed by atoms with Crippen LogP contribution in [-0.2, 0) is 22.6 Å². The highest BCUT2D eigenvalue weighted by molar-refractivity contribution is 5.80. The summed E-state index contributed by atoms with van der Waals surface area (Å²) < 4.78 is 5.85. The van der Waals surface area contributed by atoms with Gasteiger partial charge in [0.15, 0.2) is 6.61 Å². The molecular formula is C29H32N2O3. The maximum Gasteiger partial charge on any atom is 0.258 e. The Morgan fingerprint density at radius 2 is 1.76 bits per heavy atom. The summed E-state index contributed by atoms with van der Waals surface area (Å²) in [5.74, 6) is 0.517. The van der Waals surface area contributed by atoms with Gasteiger partial charge in [-0.05, 0) is 47.7 Å². The molecule has 176 valence electrons. The SMILES string of the molecule is Cc1ccc(C2c3cc(OCC(=O)NCc4ccccc4)ccc3CCN2C(=O)C(C)C)cc1. The van der Waals surface area contributed by atoms with Gasteiger partial charge in [-0.1, -0.05) is 80.1 Å². The van der Waals surface area contributed by atoms with Gasteiger partial charge in [0, 0.05) is 19.0 Å². The van der Waals surface area contributed by atoms with Gasteiger partial charge in [0.25, 0.3) is 5.91 Å². The number of aryl methyl sites for hydroxylation is 1. The minimum atomic E-state index is -0.173. The van der Waals surface area contributed by atoms with E-state index in [0.29, 0.717) is 18.8 Å². The third-order valence-corrected chi connectivity index (χ3v) is 6.22. The zero-order valence-electron chi connectivity index (χ0n) is 20.1. The summed E-state index contributed by atoms with van der Waals surface area (Å²) in [6.07, 6.45) is 0.800. The fourth-order valence-electron chi connectivity index (χ4n) is 4.36. The number of fused-ring (bicyclic) bond motifs is 1. The van der Waals surface area contributed by atoms with Gasteiger partial charge in [0.05, 0.1) is 6.04 Å². The molecule has 1 heterocycles. The average molecular weight is 457 g/mol. The van der Waals surface area contributed by atoms with E-state index < -0.39 is 0 Å². The van der Waals surface area contributed by atoms with Crippen LogP contribution in [0.1, 0.15) is 47.7 Å².